The summed E-state index contributed by atoms with van der Waals surface area (Å²) in [5, 5.41) is 0. The van der Waals surface area contributed by atoms with Crippen molar-refractivity contribution in [3.05, 3.63) is 52.7 Å². The number of pyridine rings is 2. The number of hydrogen-bond acceptors (Lipinski definition) is 4. The lowest BCUT2D eigenvalue weighted by Gasteiger charge is -2.22. The Hall–Kier alpha value is -3.07. The molecule has 27 heavy (non-hydrogen) atoms. The summed E-state index contributed by atoms with van der Waals surface area (Å²) in [6.45, 7) is 1.12. The number of nitrogens with one attached hydrogen (secondary N) is 1. The average Bonchev–Trinajstić information content (AvgIpc) is 3.21. The van der Waals surface area contributed by atoms with Gasteiger partial charge in [0.05, 0.1) is 17.4 Å². The number of hydrogen-bond donors (Lipinski definition) is 1. The first-order valence-electron chi connectivity index (χ1n) is 8.63. The second-order valence-corrected chi connectivity index (χ2v) is 6.55. The number of imidazole rings is 2. The van der Waals surface area contributed by atoms with Gasteiger partial charge in [0.1, 0.15) is 17.2 Å². The van der Waals surface area contributed by atoms with E-state index in [2.05, 4.69) is 15.0 Å². The molecule has 0 unspecified atom stereocenters. The first kappa shape index (κ1) is 16.1. The summed E-state index contributed by atoms with van der Waals surface area (Å²) in [6.07, 6.45) is 4.03. The summed E-state index contributed by atoms with van der Waals surface area (Å²) < 4.78 is 36.8. The lowest BCUT2D eigenvalue weighted by molar-refractivity contribution is 0.0697. The lowest BCUT2D eigenvalue weighted by atomic mass is 10.1. The molecule has 4 aromatic rings. The standard InChI is InChI=1S/C18H15F2N5O2/c19-10-1-2-15-21-8-14(24(15)9-10)16-12(20)7-13-17(23-16)25(18(26)22-13)11-3-5-27-6-4-11/h1-2,7-9,11H,3-6H2,(H,22,26). The Morgan fingerprint density at radius 1 is 1.22 bits per heavy atom. The van der Waals surface area contributed by atoms with Crippen molar-refractivity contribution in [3.8, 4) is 11.4 Å². The van der Waals surface area contributed by atoms with E-state index in [0.717, 1.165) is 0 Å². The van der Waals surface area contributed by atoms with E-state index >= 15 is 0 Å². The van der Waals surface area contributed by atoms with Gasteiger partial charge in [0, 0.05) is 31.5 Å². The predicted molar refractivity (Wildman–Crippen MR) is 93.5 cm³/mol. The van der Waals surface area contributed by atoms with Gasteiger partial charge in [-0.1, -0.05) is 0 Å². The van der Waals surface area contributed by atoms with Crippen LogP contribution >= 0.6 is 0 Å². The molecule has 1 aliphatic rings. The Morgan fingerprint density at radius 3 is 2.85 bits per heavy atom. The smallest absolute Gasteiger partial charge is 0.327 e. The zero-order valence-corrected chi connectivity index (χ0v) is 14.2. The number of H-pyrrole nitrogens is 1. The molecule has 0 aromatic carbocycles. The van der Waals surface area contributed by atoms with Crippen LogP contribution in [-0.2, 0) is 4.74 Å². The molecule has 1 fully saturated rings. The average molecular weight is 371 g/mol. The zero-order chi connectivity index (χ0) is 18.5. The van der Waals surface area contributed by atoms with Crippen LogP contribution < -0.4 is 5.69 Å². The molecule has 9 heteroatoms. The van der Waals surface area contributed by atoms with Gasteiger partial charge in [0.15, 0.2) is 11.5 Å². The number of ether oxygens (including phenoxy) is 1. The third kappa shape index (κ3) is 2.54. The molecule has 138 valence electrons. The van der Waals surface area contributed by atoms with Gasteiger partial charge < -0.3 is 9.72 Å². The van der Waals surface area contributed by atoms with E-state index in [9.17, 15) is 13.6 Å². The van der Waals surface area contributed by atoms with Crippen LogP contribution in [-0.4, -0.2) is 37.1 Å². The first-order valence-corrected chi connectivity index (χ1v) is 8.63. The highest BCUT2D eigenvalue weighted by molar-refractivity contribution is 5.76. The van der Waals surface area contributed by atoms with E-state index in [0.29, 0.717) is 48.6 Å². The number of aromatic amines is 1. The fourth-order valence-corrected chi connectivity index (χ4v) is 3.62. The Labute approximate surface area is 151 Å². The van der Waals surface area contributed by atoms with Gasteiger partial charge in [-0.05, 0) is 25.0 Å². The zero-order valence-electron chi connectivity index (χ0n) is 14.2. The fourth-order valence-electron chi connectivity index (χ4n) is 3.62. The van der Waals surface area contributed by atoms with Crippen molar-refractivity contribution in [1.29, 1.82) is 0 Å². The third-order valence-electron chi connectivity index (χ3n) is 4.91. The molecule has 0 aliphatic carbocycles. The highest BCUT2D eigenvalue weighted by atomic mass is 19.1. The summed E-state index contributed by atoms with van der Waals surface area (Å²) in [7, 11) is 0. The summed E-state index contributed by atoms with van der Waals surface area (Å²) in [5.41, 5.74) is 1.17. The maximum Gasteiger partial charge on any atom is 0.327 e. The van der Waals surface area contributed by atoms with Crippen LogP contribution in [0.4, 0.5) is 8.78 Å². The predicted octanol–water partition coefficient (Wildman–Crippen LogP) is 2.67. The third-order valence-corrected chi connectivity index (χ3v) is 4.91. The lowest BCUT2D eigenvalue weighted by Crippen LogP contribution is -2.27. The van der Waals surface area contributed by atoms with E-state index < -0.39 is 11.6 Å². The highest BCUT2D eigenvalue weighted by Crippen LogP contribution is 2.27. The van der Waals surface area contributed by atoms with Crippen LogP contribution in [0.1, 0.15) is 18.9 Å². The molecular weight excluding hydrogens is 356 g/mol. The van der Waals surface area contributed by atoms with Crippen LogP contribution in [0.15, 0.2) is 35.4 Å². The molecule has 0 bridgehead atoms. The largest absolute Gasteiger partial charge is 0.381 e. The van der Waals surface area contributed by atoms with Gasteiger partial charge >= 0.3 is 5.69 Å². The number of rotatable bonds is 2. The van der Waals surface area contributed by atoms with Crippen LogP contribution in [0.3, 0.4) is 0 Å². The summed E-state index contributed by atoms with van der Waals surface area (Å²) >= 11 is 0. The fraction of sp³-hybridized carbons (Fsp3) is 0.278. The van der Waals surface area contributed by atoms with E-state index in [1.54, 1.807) is 4.57 Å². The topological polar surface area (TPSA) is 77.2 Å². The molecule has 5 rings (SSSR count). The van der Waals surface area contributed by atoms with Gasteiger partial charge in [-0.3, -0.25) is 8.97 Å². The Bertz CT molecular complexity index is 1220. The van der Waals surface area contributed by atoms with Gasteiger partial charge in [-0.15, -0.1) is 0 Å². The second-order valence-electron chi connectivity index (χ2n) is 6.55. The second kappa shape index (κ2) is 5.98. The van der Waals surface area contributed by atoms with Crippen LogP contribution in [0.5, 0.6) is 0 Å². The molecule has 1 aliphatic heterocycles. The van der Waals surface area contributed by atoms with Gasteiger partial charge in [-0.25, -0.2) is 23.5 Å². The molecule has 0 radical (unpaired) electrons. The van der Waals surface area contributed by atoms with E-state index in [4.69, 9.17) is 4.74 Å². The SMILES string of the molecule is O=c1[nH]c2cc(F)c(-c3cnc4ccc(F)cn34)nc2n1C1CCOCC1. The van der Waals surface area contributed by atoms with E-state index in [1.165, 1.54) is 35.0 Å². The minimum Gasteiger partial charge on any atom is -0.381 e. The molecule has 1 saturated heterocycles. The minimum atomic E-state index is -0.617. The molecule has 5 heterocycles. The van der Waals surface area contributed by atoms with Crippen molar-refractivity contribution >= 4 is 16.8 Å². The molecular formula is C18H15F2N5O2. The van der Waals surface area contributed by atoms with Crippen LogP contribution in [0.2, 0.25) is 0 Å². The Balaban J connectivity index is 1.74. The van der Waals surface area contributed by atoms with Crippen molar-refractivity contribution in [2.45, 2.75) is 18.9 Å². The molecule has 0 atom stereocenters. The van der Waals surface area contributed by atoms with Crippen molar-refractivity contribution in [2.75, 3.05) is 13.2 Å². The Morgan fingerprint density at radius 2 is 2.04 bits per heavy atom. The number of aromatic nitrogens is 5. The summed E-state index contributed by atoms with van der Waals surface area (Å²) in [6, 6.07) is 3.97. The minimum absolute atomic E-state index is 0.0143. The monoisotopic (exact) mass is 371 g/mol. The highest BCUT2D eigenvalue weighted by Gasteiger charge is 2.23. The Kier molecular flexibility index (Phi) is 3.57. The maximum absolute atomic E-state index is 14.7. The van der Waals surface area contributed by atoms with Crippen molar-refractivity contribution < 1.29 is 13.5 Å². The summed E-state index contributed by atoms with van der Waals surface area (Å²) in [4.78, 5) is 23.7. The molecule has 0 amide bonds. The van der Waals surface area contributed by atoms with Crippen LogP contribution in [0, 0.1) is 11.6 Å². The van der Waals surface area contributed by atoms with E-state index in [1.807, 2.05) is 0 Å². The molecule has 7 nitrogen and oxygen atoms in total. The molecule has 4 aromatic heterocycles. The molecule has 1 N–H and O–H groups in total. The van der Waals surface area contributed by atoms with E-state index in [-0.39, 0.29) is 17.4 Å². The van der Waals surface area contributed by atoms with Gasteiger partial charge in [0.25, 0.3) is 0 Å². The van der Waals surface area contributed by atoms with Crippen LogP contribution in [0.25, 0.3) is 28.2 Å². The maximum atomic E-state index is 14.7. The number of fused-ring (bicyclic) bond motifs is 2. The van der Waals surface area contributed by atoms with Crippen molar-refractivity contribution in [2.24, 2.45) is 0 Å². The first-order chi connectivity index (χ1) is 13.1. The normalized spacial score (nSPS) is 15.8. The molecule has 0 spiro atoms. The van der Waals surface area contributed by atoms with Crippen molar-refractivity contribution in [1.82, 2.24) is 23.9 Å². The quantitative estimate of drug-likeness (QED) is 0.588. The summed E-state index contributed by atoms with van der Waals surface area (Å²) in [5.74, 6) is -1.09. The van der Waals surface area contributed by atoms with Gasteiger partial charge in [0.2, 0.25) is 0 Å². The van der Waals surface area contributed by atoms with Crippen molar-refractivity contribution in [3.63, 3.8) is 0 Å². The number of halogens is 2. The van der Waals surface area contributed by atoms with Gasteiger partial charge in [-0.2, -0.15) is 0 Å². The molecule has 0 saturated carbocycles. The number of nitrogens with zero attached hydrogens (tertiary/aromatic N) is 4.